The summed E-state index contributed by atoms with van der Waals surface area (Å²) < 4.78 is 32.1. The Morgan fingerprint density at radius 1 is 1.25 bits per heavy atom. The van der Waals surface area contributed by atoms with E-state index < -0.39 is 10.0 Å². The van der Waals surface area contributed by atoms with Crippen molar-refractivity contribution in [2.24, 2.45) is 4.40 Å². The average molecular weight is 347 g/mol. The van der Waals surface area contributed by atoms with E-state index in [4.69, 9.17) is 4.74 Å². The first kappa shape index (κ1) is 16.3. The lowest BCUT2D eigenvalue weighted by molar-refractivity contribution is -0.117. The largest absolute Gasteiger partial charge is 0.492 e. The average Bonchev–Trinajstić information content (AvgIpc) is 2.58. The molecule has 1 N–H and O–H groups in total. The zero-order chi connectivity index (χ0) is 17.0. The number of amidine groups is 1. The van der Waals surface area contributed by atoms with Gasteiger partial charge >= 0.3 is 0 Å². The number of nitrogens with one attached hydrogen (secondary N) is 1. The van der Waals surface area contributed by atoms with Crippen LogP contribution in [0.2, 0.25) is 0 Å². The molecule has 1 aromatic rings. The zero-order valence-electron chi connectivity index (χ0n) is 12.9. The van der Waals surface area contributed by atoms with Crippen LogP contribution >= 0.6 is 0 Å². The number of para-hydroxylation sites is 1. The SMILES string of the molecule is O=C(NCCOc1ccccc1)C1=CN2CCS(=O)(=O)N=C2C=C1. The number of amides is 1. The van der Waals surface area contributed by atoms with Crippen molar-refractivity contribution in [3.05, 3.63) is 54.3 Å². The molecule has 0 bridgehead atoms. The molecule has 0 saturated carbocycles. The Hall–Kier alpha value is -2.61. The van der Waals surface area contributed by atoms with Crippen molar-refractivity contribution in [1.82, 2.24) is 10.2 Å². The van der Waals surface area contributed by atoms with Crippen molar-refractivity contribution in [1.29, 1.82) is 0 Å². The lowest BCUT2D eigenvalue weighted by Crippen LogP contribution is -2.38. The molecule has 1 amide bonds. The maximum absolute atomic E-state index is 12.1. The van der Waals surface area contributed by atoms with E-state index in [1.54, 1.807) is 17.2 Å². The van der Waals surface area contributed by atoms with Crippen LogP contribution in [0.3, 0.4) is 0 Å². The number of benzene rings is 1. The summed E-state index contributed by atoms with van der Waals surface area (Å²) in [6, 6.07) is 9.35. The van der Waals surface area contributed by atoms with Gasteiger partial charge in [0.25, 0.3) is 15.9 Å². The Bertz CT molecular complexity index is 813. The summed E-state index contributed by atoms with van der Waals surface area (Å²) in [6.07, 6.45) is 4.70. The number of hydrogen-bond donors (Lipinski definition) is 1. The Kier molecular flexibility index (Phi) is 4.66. The summed E-state index contributed by atoms with van der Waals surface area (Å²) in [5, 5.41) is 2.77. The van der Waals surface area contributed by atoms with Crippen LogP contribution in [0.1, 0.15) is 0 Å². The molecule has 0 spiro atoms. The van der Waals surface area contributed by atoms with Crippen LogP contribution < -0.4 is 10.1 Å². The fraction of sp³-hybridized carbons (Fsp3) is 0.250. The molecule has 2 aliphatic heterocycles. The molecule has 2 aliphatic rings. The molecule has 0 atom stereocenters. The van der Waals surface area contributed by atoms with Crippen molar-refractivity contribution in [3.63, 3.8) is 0 Å². The number of carbonyl (C=O) groups is 1. The van der Waals surface area contributed by atoms with Gasteiger partial charge in [-0.15, -0.1) is 4.40 Å². The van der Waals surface area contributed by atoms with Gasteiger partial charge in [-0.2, -0.15) is 0 Å². The quantitative estimate of drug-likeness (QED) is 0.792. The Balaban J connectivity index is 1.51. The molecule has 7 nitrogen and oxygen atoms in total. The molecule has 0 saturated heterocycles. The highest BCUT2D eigenvalue weighted by molar-refractivity contribution is 7.90. The van der Waals surface area contributed by atoms with Crippen LogP contribution in [-0.4, -0.2) is 50.5 Å². The number of hydrogen-bond acceptors (Lipinski definition) is 5. The second-order valence-corrected chi connectivity index (χ2v) is 7.02. The van der Waals surface area contributed by atoms with Gasteiger partial charge in [0.15, 0.2) is 0 Å². The van der Waals surface area contributed by atoms with Gasteiger partial charge in [0.05, 0.1) is 17.9 Å². The van der Waals surface area contributed by atoms with Gasteiger partial charge in [-0.3, -0.25) is 4.79 Å². The predicted octanol–water partition coefficient (Wildman–Crippen LogP) is 0.679. The first-order chi connectivity index (χ1) is 11.5. The van der Waals surface area contributed by atoms with Gasteiger partial charge < -0.3 is 15.0 Å². The van der Waals surface area contributed by atoms with E-state index >= 15 is 0 Å². The van der Waals surface area contributed by atoms with E-state index in [1.807, 2.05) is 30.3 Å². The first-order valence-electron chi connectivity index (χ1n) is 7.49. The summed E-state index contributed by atoms with van der Waals surface area (Å²) in [4.78, 5) is 13.8. The minimum absolute atomic E-state index is 0.0549. The molecule has 3 rings (SSSR count). The second kappa shape index (κ2) is 6.88. The minimum Gasteiger partial charge on any atom is -0.492 e. The number of nitrogens with zero attached hydrogens (tertiary/aromatic N) is 2. The monoisotopic (exact) mass is 347 g/mol. The molecule has 0 fully saturated rings. The van der Waals surface area contributed by atoms with Crippen LogP contribution in [0.4, 0.5) is 0 Å². The highest BCUT2D eigenvalue weighted by Gasteiger charge is 2.24. The molecule has 0 aromatic heterocycles. The van der Waals surface area contributed by atoms with Crippen LogP contribution in [0.15, 0.2) is 58.7 Å². The van der Waals surface area contributed by atoms with E-state index in [0.717, 1.165) is 5.75 Å². The Morgan fingerprint density at radius 2 is 2.04 bits per heavy atom. The molecule has 1 aromatic carbocycles. The minimum atomic E-state index is -3.39. The number of rotatable bonds is 5. The summed E-state index contributed by atoms with van der Waals surface area (Å²) in [5.74, 6) is 0.792. The molecule has 0 unspecified atom stereocenters. The Morgan fingerprint density at radius 3 is 2.83 bits per heavy atom. The van der Waals surface area contributed by atoms with E-state index in [-0.39, 0.29) is 11.7 Å². The fourth-order valence-electron chi connectivity index (χ4n) is 2.29. The van der Waals surface area contributed by atoms with E-state index in [0.29, 0.717) is 31.1 Å². The maximum atomic E-state index is 12.1. The predicted molar refractivity (Wildman–Crippen MR) is 90.1 cm³/mol. The summed E-state index contributed by atoms with van der Waals surface area (Å²) >= 11 is 0. The molecule has 8 heteroatoms. The van der Waals surface area contributed by atoms with Gasteiger partial charge in [-0.05, 0) is 24.3 Å². The van der Waals surface area contributed by atoms with Crippen molar-refractivity contribution < 1.29 is 17.9 Å². The normalized spacial score (nSPS) is 18.2. The van der Waals surface area contributed by atoms with E-state index in [2.05, 4.69) is 9.71 Å². The number of ether oxygens (including phenoxy) is 1. The third-order valence-electron chi connectivity index (χ3n) is 3.49. The first-order valence-corrected chi connectivity index (χ1v) is 9.10. The number of fused-ring (bicyclic) bond motifs is 1. The van der Waals surface area contributed by atoms with E-state index in [9.17, 15) is 13.2 Å². The third-order valence-corrected chi connectivity index (χ3v) is 4.65. The molecular weight excluding hydrogens is 330 g/mol. The number of sulfonamides is 1. The van der Waals surface area contributed by atoms with Gasteiger partial charge in [0, 0.05) is 12.7 Å². The third kappa shape index (κ3) is 4.02. The zero-order valence-corrected chi connectivity index (χ0v) is 13.7. The molecule has 0 aliphatic carbocycles. The molecule has 2 heterocycles. The van der Waals surface area contributed by atoms with Gasteiger partial charge in [-0.25, -0.2) is 8.42 Å². The van der Waals surface area contributed by atoms with Crippen molar-refractivity contribution in [2.75, 3.05) is 25.4 Å². The van der Waals surface area contributed by atoms with Crippen molar-refractivity contribution >= 4 is 21.8 Å². The second-order valence-electron chi connectivity index (χ2n) is 5.26. The van der Waals surface area contributed by atoms with E-state index in [1.165, 1.54) is 6.08 Å². The van der Waals surface area contributed by atoms with Crippen LogP contribution in [0.25, 0.3) is 0 Å². The molecule has 0 radical (unpaired) electrons. The molecule has 24 heavy (non-hydrogen) atoms. The highest BCUT2D eigenvalue weighted by atomic mass is 32.2. The Labute approximate surface area is 140 Å². The lowest BCUT2D eigenvalue weighted by atomic mass is 10.2. The topological polar surface area (TPSA) is 88.1 Å². The van der Waals surface area contributed by atoms with Crippen molar-refractivity contribution in [3.8, 4) is 5.75 Å². The standard InChI is InChI=1S/C16H17N3O4S/c20-16(17-8-10-23-14-4-2-1-3-5-14)13-6-7-15-18-24(21,22)11-9-19(15)12-13/h1-7,12H,8-11H2,(H,17,20). The van der Waals surface area contributed by atoms with Crippen LogP contribution in [0, 0.1) is 0 Å². The summed E-state index contributed by atoms with van der Waals surface area (Å²) in [7, 11) is -3.39. The molecular formula is C16H17N3O4S. The number of carbonyl (C=O) groups excluding carboxylic acids is 1. The fourth-order valence-corrected chi connectivity index (χ4v) is 3.26. The molecule has 126 valence electrons. The van der Waals surface area contributed by atoms with Crippen molar-refractivity contribution in [2.45, 2.75) is 0 Å². The summed E-state index contributed by atoms with van der Waals surface area (Å²) in [6.45, 7) is 1.02. The van der Waals surface area contributed by atoms with Gasteiger partial charge in [0.1, 0.15) is 18.2 Å². The lowest BCUT2D eigenvalue weighted by Gasteiger charge is -2.26. The summed E-state index contributed by atoms with van der Waals surface area (Å²) in [5.41, 5.74) is 0.452. The van der Waals surface area contributed by atoms with Gasteiger partial charge in [0.2, 0.25) is 0 Å². The van der Waals surface area contributed by atoms with Crippen LogP contribution in [-0.2, 0) is 14.8 Å². The highest BCUT2D eigenvalue weighted by Crippen LogP contribution is 2.15. The van der Waals surface area contributed by atoms with Crippen LogP contribution in [0.5, 0.6) is 5.75 Å². The maximum Gasteiger partial charge on any atom is 0.256 e. The van der Waals surface area contributed by atoms with Gasteiger partial charge in [-0.1, -0.05) is 18.2 Å². The smallest absolute Gasteiger partial charge is 0.256 e.